The maximum atomic E-state index is 5.89. The summed E-state index contributed by atoms with van der Waals surface area (Å²) in [6.45, 7) is 4.92. The van der Waals surface area contributed by atoms with Crippen molar-refractivity contribution in [3.63, 3.8) is 0 Å². The van der Waals surface area contributed by atoms with Crippen molar-refractivity contribution < 1.29 is 0 Å². The molecule has 1 aromatic carbocycles. The molecule has 0 radical (unpaired) electrons. The highest BCUT2D eigenvalue weighted by Crippen LogP contribution is 2.19. The van der Waals surface area contributed by atoms with Crippen molar-refractivity contribution in [2.45, 2.75) is 26.3 Å². The molecule has 1 aromatic rings. The molecule has 0 saturated carbocycles. The monoisotopic (exact) mass is 212 g/mol. The number of nitrogens with two attached hydrogens (primary N) is 1. The van der Waals surface area contributed by atoms with Gasteiger partial charge in [0.1, 0.15) is 0 Å². The van der Waals surface area contributed by atoms with E-state index in [1.165, 1.54) is 5.56 Å². The van der Waals surface area contributed by atoms with Crippen molar-refractivity contribution in [1.82, 2.24) is 0 Å². The van der Waals surface area contributed by atoms with E-state index in [2.05, 4.69) is 19.2 Å². The number of aryl methyl sites for hydroxylation is 1. The van der Waals surface area contributed by atoms with Gasteiger partial charge in [-0.25, -0.2) is 0 Å². The molecule has 3 heteroatoms. The smallest absolute Gasteiger partial charge is 0.0426 e. The van der Waals surface area contributed by atoms with Crippen molar-refractivity contribution >= 4 is 17.3 Å². The molecule has 1 rings (SSSR count). The molecule has 14 heavy (non-hydrogen) atoms. The standard InChI is InChI=1S/C11H17ClN2/c1-3-10(13)7-14-11-6-9(12)5-4-8(11)2/h4-6,10,14H,3,7,13H2,1-2H3. The Morgan fingerprint density at radius 1 is 1.50 bits per heavy atom. The van der Waals surface area contributed by atoms with Crippen molar-refractivity contribution in [1.29, 1.82) is 0 Å². The van der Waals surface area contributed by atoms with E-state index in [1.54, 1.807) is 0 Å². The third kappa shape index (κ3) is 3.20. The van der Waals surface area contributed by atoms with Gasteiger partial charge in [-0.05, 0) is 31.0 Å². The van der Waals surface area contributed by atoms with Gasteiger partial charge < -0.3 is 11.1 Å². The molecule has 0 bridgehead atoms. The first-order chi connectivity index (χ1) is 6.63. The predicted octanol–water partition coefficient (Wildman–Crippen LogP) is 2.80. The first kappa shape index (κ1) is 11.3. The highest BCUT2D eigenvalue weighted by Gasteiger charge is 2.01. The number of anilines is 1. The Bertz CT molecular complexity index is 299. The maximum Gasteiger partial charge on any atom is 0.0426 e. The first-order valence-electron chi connectivity index (χ1n) is 4.89. The lowest BCUT2D eigenvalue weighted by Crippen LogP contribution is -2.28. The van der Waals surface area contributed by atoms with Gasteiger partial charge in [0.25, 0.3) is 0 Å². The molecule has 0 aromatic heterocycles. The van der Waals surface area contributed by atoms with Gasteiger partial charge in [0.2, 0.25) is 0 Å². The maximum absolute atomic E-state index is 5.89. The van der Waals surface area contributed by atoms with E-state index in [4.69, 9.17) is 17.3 Å². The highest BCUT2D eigenvalue weighted by molar-refractivity contribution is 6.30. The average molecular weight is 213 g/mol. The molecule has 0 spiro atoms. The number of nitrogens with one attached hydrogen (secondary N) is 1. The lowest BCUT2D eigenvalue weighted by molar-refractivity contribution is 0.679. The fourth-order valence-electron chi connectivity index (χ4n) is 1.17. The van der Waals surface area contributed by atoms with Crippen molar-refractivity contribution in [2.75, 3.05) is 11.9 Å². The van der Waals surface area contributed by atoms with Gasteiger partial charge in [-0.15, -0.1) is 0 Å². The third-order valence-corrected chi connectivity index (χ3v) is 2.51. The zero-order chi connectivity index (χ0) is 10.6. The number of hydrogen-bond acceptors (Lipinski definition) is 2. The van der Waals surface area contributed by atoms with Crippen LogP contribution in [-0.4, -0.2) is 12.6 Å². The van der Waals surface area contributed by atoms with Crippen LogP contribution in [0.25, 0.3) is 0 Å². The molecule has 1 unspecified atom stereocenters. The van der Waals surface area contributed by atoms with Crippen LogP contribution in [0.3, 0.4) is 0 Å². The van der Waals surface area contributed by atoms with E-state index < -0.39 is 0 Å². The summed E-state index contributed by atoms with van der Waals surface area (Å²) in [5.41, 5.74) is 8.08. The second-order valence-electron chi connectivity index (χ2n) is 3.51. The first-order valence-corrected chi connectivity index (χ1v) is 5.27. The molecule has 1 atom stereocenters. The summed E-state index contributed by atoms with van der Waals surface area (Å²) in [5.74, 6) is 0. The van der Waals surface area contributed by atoms with Crippen LogP contribution < -0.4 is 11.1 Å². The number of benzene rings is 1. The minimum Gasteiger partial charge on any atom is -0.383 e. The normalized spacial score (nSPS) is 12.6. The van der Waals surface area contributed by atoms with Crippen LogP contribution in [0.1, 0.15) is 18.9 Å². The fraction of sp³-hybridized carbons (Fsp3) is 0.455. The Kier molecular flexibility index (Phi) is 4.23. The van der Waals surface area contributed by atoms with Crippen LogP contribution in [0.5, 0.6) is 0 Å². The van der Waals surface area contributed by atoms with Crippen LogP contribution in [0.2, 0.25) is 5.02 Å². The summed E-state index contributed by atoms with van der Waals surface area (Å²) in [6.07, 6.45) is 0.979. The number of rotatable bonds is 4. The molecule has 0 saturated heterocycles. The Hall–Kier alpha value is -0.730. The highest BCUT2D eigenvalue weighted by atomic mass is 35.5. The second kappa shape index (κ2) is 5.23. The molecule has 2 nitrogen and oxygen atoms in total. The van der Waals surface area contributed by atoms with E-state index in [0.29, 0.717) is 0 Å². The molecule has 0 aliphatic rings. The van der Waals surface area contributed by atoms with Crippen LogP contribution in [0.15, 0.2) is 18.2 Å². The van der Waals surface area contributed by atoms with E-state index in [1.807, 2.05) is 18.2 Å². The Morgan fingerprint density at radius 3 is 2.86 bits per heavy atom. The fourth-order valence-corrected chi connectivity index (χ4v) is 1.34. The molecule has 3 N–H and O–H groups in total. The predicted molar refractivity (Wildman–Crippen MR) is 62.9 cm³/mol. The summed E-state index contributed by atoms with van der Waals surface area (Å²) in [4.78, 5) is 0. The van der Waals surface area contributed by atoms with Crippen LogP contribution in [0, 0.1) is 6.92 Å². The summed E-state index contributed by atoms with van der Waals surface area (Å²) in [6, 6.07) is 6.02. The molecule has 0 heterocycles. The molecule has 0 aliphatic carbocycles. The number of halogens is 1. The SMILES string of the molecule is CCC(N)CNc1cc(Cl)ccc1C. The van der Waals surface area contributed by atoms with Gasteiger partial charge in [0.15, 0.2) is 0 Å². The van der Waals surface area contributed by atoms with E-state index >= 15 is 0 Å². The van der Waals surface area contributed by atoms with Gasteiger partial charge in [0, 0.05) is 23.3 Å². The van der Waals surface area contributed by atoms with Crippen molar-refractivity contribution in [2.24, 2.45) is 5.73 Å². The Labute approximate surface area is 90.4 Å². The average Bonchev–Trinajstić information content (AvgIpc) is 2.19. The lowest BCUT2D eigenvalue weighted by Gasteiger charge is -2.13. The van der Waals surface area contributed by atoms with Gasteiger partial charge in [-0.3, -0.25) is 0 Å². The topological polar surface area (TPSA) is 38.0 Å². The Morgan fingerprint density at radius 2 is 2.21 bits per heavy atom. The van der Waals surface area contributed by atoms with Gasteiger partial charge >= 0.3 is 0 Å². The summed E-state index contributed by atoms with van der Waals surface area (Å²) < 4.78 is 0. The summed E-state index contributed by atoms with van der Waals surface area (Å²) in [7, 11) is 0. The lowest BCUT2D eigenvalue weighted by atomic mass is 10.2. The van der Waals surface area contributed by atoms with Crippen LogP contribution in [-0.2, 0) is 0 Å². The molecule has 0 amide bonds. The molecule has 0 fully saturated rings. The molecule has 0 aliphatic heterocycles. The minimum absolute atomic E-state index is 0.202. The zero-order valence-electron chi connectivity index (χ0n) is 8.68. The van der Waals surface area contributed by atoms with Crippen molar-refractivity contribution in [3.8, 4) is 0 Å². The van der Waals surface area contributed by atoms with Crippen molar-refractivity contribution in [3.05, 3.63) is 28.8 Å². The summed E-state index contributed by atoms with van der Waals surface area (Å²) >= 11 is 5.89. The Balaban J connectivity index is 2.62. The summed E-state index contributed by atoms with van der Waals surface area (Å²) in [5, 5.41) is 4.05. The molecular formula is C11H17ClN2. The quantitative estimate of drug-likeness (QED) is 0.806. The van der Waals surface area contributed by atoms with Gasteiger partial charge in [0.05, 0.1) is 0 Å². The zero-order valence-corrected chi connectivity index (χ0v) is 9.43. The molecular weight excluding hydrogens is 196 g/mol. The largest absolute Gasteiger partial charge is 0.383 e. The van der Waals surface area contributed by atoms with E-state index in [0.717, 1.165) is 23.7 Å². The third-order valence-electron chi connectivity index (χ3n) is 2.28. The van der Waals surface area contributed by atoms with Crippen LogP contribution in [0.4, 0.5) is 5.69 Å². The van der Waals surface area contributed by atoms with Gasteiger partial charge in [-0.2, -0.15) is 0 Å². The van der Waals surface area contributed by atoms with E-state index in [9.17, 15) is 0 Å². The van der Waals surface area contributed by atoms with Gasteiger partial charge in [-0.1, -0.05) is 24.6 Å². The minimum atomic E-state index is 0.202. The van der Waals surface area contributed by atoms with E-state index in [-0.39, 0.29) is 6.04 Å². The second-order valence-corrected chi connectivity index (χ2v) is 3.94. The van der Waals surface area contributed by atoms with Crippen LogP contribution >= 0.6 is 11.6 Å². The molecule has 78 valence electrons. The number of hydrogen-bond donors (Lipinski definition) is 2.